The maximum Gasteiger partial charge on any atom is 0.227 e. The predicted octanol–water partition coefficient (Wildman–Crippen LogP) is 4.04. The van der Waals surface area contributed by atoms with E-state index in [1.165, 1.54) is 5.56 Å². The van der Waals surface area contributed by atoms with Crippen molar-refractivity contribution in [2.45, 2.75) is 38.2 Å². The van der Waals surface area contributed by atoms with E-state index in [0.717, 1.165) is 60.7 Å². The lowest BCUT2D eigenvalue weighted by molar-refractivity contribution is -0.120. The van der Waals surface area contributed by atoms with Crippen LogP contribution in [0.25, 0.3) is 0 Å². The van der Waals surface area contributed by atoms with E-state index < -0.39 is 0 Å². The van der Waals surface area contributed by atoms with Crippen LogP contribution in [0.5, 0.6) is 0 Å². The molecule has 1 heterocycles. The lowest BCUT2D eigenvalue weighted by Crippen LogP contribution is -2.38. The number of fused-ring (bicyclic) bond motifs is 1. The van der Waals surface area contributed by atoms with E-state index in [-0.39, 0.29) is 17.9 Å². The molecule has 1 saturated heterocycles. The van der Waals surface area contributed by atoms with Gasteiger partial charge in [0.15, 0.2) is 0 Å². The lowest BCUT2D eigenvalue weighted by atomic mass is 9.88. The Hall–Kier alpha value is -2.04. The van der Waals surface area contributed by atoms with Crippen LogP contribution in [0.3, 0.4) is 0 Å². The molecule has 4 nitrogen and oxygen atoms in total. The molecular formula is C22H25ClN2O2. The van der Waals surface area contributed by atoms with E-state index in [9.17, 15) is 9.90 Å². The highest BCUT2D eigenvalue weighted by molar-refractivity contribution is 6.33. The molecule has 2 N–H and O–H groups in total. The van der Waals surface area contributed by atoms with Crippen molar-refractivity contribution in [2.75, 3.05) is 23.3 Å². The third-order valence-electron chi connectivity index (χ3n) is 5.78. The number of carbonyl (C=O) groups is 1. The molecule has 5 heteroatoms. The largest absolute Gasteiger partial charge is 0.393 e. The summed E-state index contributed by atoms with van der Waals surface area (Å²) in [5.74, 6) is 0.0929. The predicted molar refractivity (Wildman–Crippen MR) is 109 cm³/mol. The monoisotopic (exact) mass is 384 g/mol. The number of hydrogen-bond donors (Lipinski definition) is 2. The number of benzene rings is 2. The third-order valence-corrected chi connectivity index (χ3v) is 6.10. The summed E-state index contributed by atoms with van der Waals surface area (Å²) in [7, 11) is 0. The number of anilines is 2. The van der Waals surface area contributed by atoms with Gasteiger partial charge in [0, 0.05) is 31.1 Å². The number of amides is 1. The number of nitrogens with one attached hydrogen (secondary N) is 1. The molecule has 2 aromatic rings. The first-order valence-electron chi connectivity index (χ1n) is 9.71. The highest BCUT2D eigenvalue weighted by atomic mass is 35.5. The van der Waals surface area contributed by atoms with Crippen LogP contribution in [-0.4, -0.2) is 30.2 Å². The molecular weight excluding hydrogens is 360 g/mol. The van der Waals surface area contributed by atoms with Crippen LogP contribution in [0.4, 0.5) is 11.4 Å². The summed E-state index contributed by atoms with van der Waals surface area (Å²) in [6, 6.07) is 13.9. The van der Waals surface area contributed by atoms with Crippen LogP contribution in [0.15, 0.2) is 42.5 Å². The number of aliphatic hydroxyl groups is 1. The third kappa shape index (κ3) is 3.97. The Labute approximate surface area is 165 Å². The zero-order valence-corrected chi connectivity index (χ0v) is 16.1. The van der Waals surface area contributed by atoms with Crippen LogP contribution in [0, 0.1) is 5.92 Å². The summed E-state index contributed by atoms with van der Waals surface area (Å²) >= 11 is 6.30. The average molecular weight is 385 g/mol. The van der Waals surface area contributed by atoms with Gasteiger partial charge in [-0.05, 0) is 55.0 Å². The maximum atomic E-state index is 12.8. The van der Waals surface area contributed by atoms with Gasteiger partial charge in [-0.25, -0.2) is 0 Å². The molecule has 0 aromatic heterocycles. The molecule has 0 bridgehead atoms. The highest BCUT2D eigenvalue weighted by Crippen LogP contribution is 2.31. The normalized spacial score (nSPS) is 20.2. The molecule has 4 rings (SSSR count). The number of nitrogens with zero attached hydrogens (tertiary/aromatic N) is 1. The fraction of sp³-hybridized carbons (Fsp3) is 0.409. The minimum atomic E-state index is -0.311. The van der Waals surface area contributed by atoms with Gasteiger partial charge in [-0.3, -0.25) is 4.79 Å². The highest BCUT2D eigenvalue weighted by Gasteiger charge is 2.27. The zero-order chi connectivity index (χ0) is 18.8. The van der Waals surface area contributed by atoms with Crippen LogP contribution in [0.2, 0.25) is 5.02 Å². The van der Waals surface area contributed by atoms with E-state index in [1.54, 1.807) is 0 Å². The summed E-state index contributed by atoms with van der Waals surface area (Å²) in [5.41, 5.74) is 4.25. The van der Waals surface area contributed by atoms with Crippen molar-refractivity contribution in [2.24, 2.45) is 5.92 Å². The summed E-state index contributed by atoms with van der Waals surface area (Å²) in [5, 5.41) is 13.9. The molecule has 2 aromatic carbocycles. The van der Waals surface area contributed by atoms with Crippen molar-refractivity contribution in [1.82, 2.24) is 0 Å². The van der Waals surface area contributed by atoms with Crippen LogP contribution >= 0.6 is 11.6 Å². The molecule has 0 unspecified atom stereocenters. The molecule has 1 aliphatic heterocycles. The second kappa shape index (κ2) is 7.91. The number of aliphatic hydroxyl groups excluding tert-OH is 1. The molecule has 27 heavy (non-hydrogen) atoms. The van der Waals surface area contributed by atoms with E-state index in [0.29, 0.717) is 6.42 Å². The van der Waals surface area contributed by atoms with Gasteiger partial charge in [0.2, 0.25) is 5.91 Å². The summed E-state index contributed by atoms with van der Waals surface area (Å²) < 4.78 is 0. The van der Waals surface area contributed by atoms with E-state index in [1.807, 2.05) is 36.4 Å². The van der Waals surface area contributed by atoms with Crippen molar-refractivity contribution in [3.05, 3.63) is 58.6 Å². The second-order valence-corrected chi connectivity index (χ2v) is 7.95. The average Bonchev–Trinajstić information content (AvgIpc) is 2.69. The van der Waals surface area contributed by atoms with Crippen molar-refractivity contribution in [3.63, 3.8) is 0 Å². The number of halogens is 1. The number of aryl methyl sites for hydroxylation is 1. The molecule has 0 spiro atoms. The smallest absolute Gasteiger partial charge is 0.227 e. The number of para-hydroxylation sites is 1. The Kier molecular flexibility index (Phi) is 5.37. The second-order valence-electron chi connectivity index (χ2n) is 7.54. The molecule has 142 valence electrons. The van der Waals surface area contributed by atoms with Gasteiger partial charge in [0.1, 0.15) is 0 Å². The van der Waals surface area contributed by atoms with Crippen molar-refractivity contribution in [1.29, 1.82) is 0 Å². The van der Waals surface area contributed by atoms with Gasteiger partial charge in [-0.2, -0.15) is 0 Å². The molecule has 2 aliphatic rings. The number of carbonyl (C=O) groups excluding carboxylic acids is 1. The number of rotatable bonds is 3. The fourth-order valence-electron chi connectivity index (χ4n) is 4.21. The Balaban J connectivity index is 1.40. The summed E-state index contributed by atoms with van der Waals surface area (Å²) in [4.78, 5) is 15.1. The minimum absolute atomic E-state index is 0.00751. The van der Waals surface area contributed by atoms with E-state index in [4.69, 9.17) is 11.6 Å². The van der Waals surface area contributed by atoms with Crippen molar-refractivity contribution < 1.29 is 9.90 Å². The first-order valence-corrected chi connectivity index (χ1v) is 10.1. The molecule has 1 fully saturated rings. The van der Waals surface area contributed by atoms with Crippen molar-refractivity contribution in [3.8, 4) is 0 Å². The van der Waals surface area contributed by atoms with Crippen LogP contribution < -0.4 is 10.2 Å². The number of piperidine rings is 1. The first kappa shape index (κ1) is 18.3. The quantitative estimate of drug-likeness (QED) is 0.839. The minimum Gasteiger partial charge on any atom is -0.393 e. The van der Waals surface area contributed by atoms with Gasteiger partial charge in [-0.1, -0.05) is 35.9 Å². The summed E-state index contributed by atoms with van der Waals surface area (Å²) in [6.07, 6.45) is 3.61. The maximum absolute atomic E-state index is 12.8. The molecule has 1 amide bonds. The Bertz CT molecular complexity index is 831. The van der Waals surface area contributed by atoms with Crippen molar-refractivity contribution >= 4 is 28.9 Å². The molecule has 1 atom stereocenters. The van der Waals surface area contributed by atoms with E-state index in [2.05, 4.69) is 16.3 Å². The van der Waals surface area contributed by atoms with Gasteiger partial charge >= 0.3 is 0 Å². The Morgan fingerprint density at radius 1 is 1.07 bits per heavy atom. The standard InChI is InChI=1S/C22H25ClN2O2/c23-19-5-1-2-7-21(19)25-12-10-16(11-13-25)22(27)24-20-6-3-4-15-8-9-17(26)14-18(15)20/h1-7,16-17,26H,8-14H2,(H,24,27)/t17-/m1/s1. The van der Waals surface area contributed by atoms with E-state index >= 15 is 0 Å². The number of hydrogen-bond acceptors (Lipinski definition) is 3. The first-order chi connectivity index (χ1) is 13.1. The topological polar surface area (TPSA) is 52.6 Å². The van der Waals surface area contributed by atoms with Gasteiger partial charge in [0.25, 0.3) is 0 Å². The van der Waals surface area contributed by atoms with Gasteiger partial charge in [-0.15, -0.1) is 0 Å². The van der Waals surface area contributed by atoms with Gasteiger partial charge in [0.05, 0.1) is 16.8 Å². The molecule has 0 radical (unpaired) electrons. The van der Waals surface area contributed by atoms with Gasteiger partial charge < -0.3 is 15.3 Å². The molecule has 1 aliphatic carbocycles. The van der Waals surface area contributed by atoms with Crippen LogP contribution in [-0.2, 0) is 17.6 Å². The zero-order valence-electron chi connectivity index (χ0n) is 15.3. The Morgan fingerprint density at radius 2 is 1.85 bits per heavy atom. The fourth-order valence-corrected chi connectivity index (χ4v) is 4.47. The molecule has 0 saturated carbocycles. The Morgan fingerprint density at radius 3 is 2.63 bits per heavy atom. The van der Waals surface area contributed by atoms with Crippen LogP contribution in [0.1, 0.15) is 30.4 Å². The lowest BCUT2D eigenvalue weighted by Gasteiger charge is -2.33. The SMILES string of the molecule is O=C(Nc1cccc2c1C[C@H](O)CC2)C1CCN(c2ccccc2Cl)CC1. The summed E-state index contributed by atoms with van der Waals surface area (Å²) in [6.45, 7) is 1.65.